The molecule has 0 radical (unpaired) electrons. The van der Waals surface area contributed by atoms with E-state index in [0.29, 0.717) is 0 Å². The number of ether oxygens (including phenoxy) is 1. The highest BCUT2D eigenvalue weighted by Crippen LogP contribution is 2.35. The van der Waals surface area contributed by atoms with E-state index in [1.807, 2.05) is 0 Å². The molecule has 86 valence electrons. The van der Waals surface area contributed by atoms with Gasteiger partial charge in [0.2, 0.25) is 0 Å². The minimum Gasteiger partial charge on any atom is -0.370 e. The van der Waals surface area contributed by atoms with Crippen LogP contribution in [0.5, 0.6) is 0 Å². The van der Waals surface area contributed by atoms with Gasteiger partial charge in [0.1, 0.15) is 6.61 Å². The summed E-state index contributed by atoms with van der Waals surface area (Å²) in [4.78, 5) is 0. The maximum Gasteiger partial charge on any atom is 0.455 e. The largest absolute Gasteiger partial charge is 0.455 e. The van der Waals surface area contributed by atoms with E-state index in [0.717, 1.165) is 0 Å². The van der Waals surface area contributed by atoms with Crippen LogP contribution in [0.25, 0.3) is 0 Å². The zero-order valence-corrected chi connectivity index (χ0v) is 7.74. The molecule has 14 heavy (non-hydrogen) atoms. The van der Waals surface area contributed by atoms with Gasteiger partial charge in [-0.25, -0.2) is 0 Å². The Kier molecular flexibility index (Phi) is 4.26. The summed E-state index contributed by atoms with van der Waals surface area (Å²) in [6, 6.07) is -0.598. The molecule has 0 aliphatic rings. The van der Waals surface area contributed by atoms with Crippen LogP contribution in [0.4, 0.5) is 22.0 Å². The summed E-state index contributed by atoms with van der Waals surface area (Å²) in [5.41, 5.74) is 5.22. The topological polar surface area (TPSA) is 35.2 Å². The van der Waals surface area contributed by atoms with Crippen molar-refractivity contribution in [2.75, 3.05) is 6.61 Å². The molecule has 0 aliphatic heterocycles. The van der Waals surface area contributed by atoms with Crippen LogP contribution >= 0.6 is 0 Å². The summed E-state index contributed by atoms with van der Waals surface area (Å²) < 4.78 is 63.7. The summed E-state index contributed by atoms with van der Waals surface area (Å²) in [5.74, 6) is -4.82. The number of rotatable bonds is 4. The second-order valence-electron chi connectivity index (χ2n) is 3.08. The fraction of sp³-hybridized carbons (Fsp3) is 1.00. The van der Waals surface area contributed by atoms with Crippen molar-refractivity contribution in [3.8, 4) is 0 Å². The van der Waals surface area contributed by atoms with Crippen molar-refractivity contribution in [1.82, 2.24) is 0 Å². The first-order chi connectivity index (χ1) is 6.08. The standard InChI is InChI=1S/C7H12F5NO/c1-4(13)5(2)14-3-6(8,9)7(10,11)12/h4-5H,3,13H2,1-2H3/t4-,5?/m0/s1. The second-order valence-corrected chi connectivity index (χ2v) is 3.08. The number of hydrogen-bond acceptors (Lipinski definition) is 2. The lowest BCUT2D eigenvalue weighted by molar-refractivity contribution is -0.299. The second kappa shape index (κ2) is 4.39. The molecule has 0 bridgehead atoms. The highest BCUT2D eigenvalue weighted by molar-refractivity contribution is 4.76. The first kappa shape index (κ1) is 13.6. The Balaban J connectivity index is 4.13. The lowest BCUT2D eigenvalue weighted by Crippen LogP contribution is -2.43. The van der Waals surface area contributed by atoms with E-state index >= 15 is 0 Å². The van der Waals surface area contributed by atoms with E-state index in [4.69, 9.17) is 5.73 Å². The van der Waals surface area contributed by atoms with Gasteiger partial charge in [-0.05, 0) is 13.8 Å². The molecule has 0 aromatic carbocycles. The molecular formula is C7H12F5NO. The van der Waals surface area contributed by atoms with Gasteiger partial charge >= 0.3 is 12.1 Å². The maximum atomic E-state index is 12.3. The van der Waals surface area contributed by atoms with Crippen molar-refractivity contribution in [2.24, 2.45) is 5.73 Å². The Morgan fingerprint density at radius 2 is 1.57 bits per heavy atom. The minimum atomic E-state index is -5.58. The third-order valence-electron chi connectivity index (χ3n) is 1.68. The summed E-state index contributed by atoms with van der Waals surface area (Å²) in [7, 11) is 0. The number of nitrogens with two attached hydrogens (primary N) is 1. The predicted octanol–water partition coefficient (Wildman–Crippen LogP) is 1.94. The monoisotopic (exact) mass is 221 g/mol. The lowest BCUT2D eigenvalue weighted by Gasteiger charge is -2.23. The van der Waals surface area contributed by atoms with Crippen molar-refractivity contribution in [2.45, 2.75) is 38.1 Å². The molecule has 2 nitrogen and oxygen atoms in total. The van der Waals surface area contributed by atoms with Gasteiger partial charge in [-0.15, -0.1) is 0 Å². The van der Waals surface area contributed by atoms with E-state index in [1.54, 1.807) is 0 Å². The third kappa shape index (κ3) is 3.75. The van der Waals surface area contributed by atoms with E-state index in [1.165, 1.54) is 13.8 Å². The lowest BCUT2D eigenvalue weighted by atomic mass is 10.2. The first-order valence-corrected chi connectivity index (χ1v) is 3.89. The molecule has 0 saturated heterocycles. The smallest absolute Gasteiger partial charge is 0.370 e. The molecule has 2 N–H and O–H groups in total. The molecule has 0 fully saturated rings. The first-order valence-electron chi connectivity index (χ1n) is 3.89. The molecule has 0 amide bonds. The van der Waals surface area contributed by atoms with Gasteiger partial charge in [-0.3, -0.25) is 0 Å². The number of hydrogen-bond donors (Lipinski definition) is 1. The zero-order chi connectivity index (χ0) is 11.6. The fourth-order valence-corrected chi connectivity index (χ4v) is 0.470. The van der Waals surface area contributed by atoms with Gasteiger partial charge in [0.05, 0.1) is 6.10 Å². The quantitative estimate of drug-likeness (QED) is 0.736. The molecule has 7 heteroatoms. The zero-order valence-electron chi connectivity index (χ0n) is 7.74. The van der Waals surface area contributed by atoms with Crippen molar-refractivity contribution < 1.29 is 26.7 Å². The Morgan fingerprint density at radius 1 is 1.14 bits per heavy atom. The van der Waals surface area contributed by atoms with Crippen LogP contribution in [0.3, 0.4) is 0 Å². The van der Waals surface area contributed by atoms with Crippen molar-refractivity contribution in [1.29, 1.82) is 0 Å². The Hall–Kier alpha value is -0.430. The van der Waals surface area contributed by atoms with Crippen LogP contribution in [0, 0.1) is 0 Å². The van der Waals surface area contributed by atoms with Gasteiger partial charge in [0.25, 0.3) is 0 Å². The molecule has 0 spiro atoms. The van der Waals surface area contributed by atoms with E-state index in [2.05, 4.69) is 4.74 Å². The van der Waals surface area contributed by atoms with Crippen LogP contribution in [-0.2, 0) is 4.74 Å². The van der Waals surface area contributed by atoms with Crippen LogP contribution in [-0.4, -0.2) is 30.9 Å². The molecule has 0 heterocycles. The Morgan fingerprint density at radius 3 is 1.86 bits per heavy atom. The maximum absolute atomic E-state index is 12.3. The van der Waals surface area contributed by atoms with Crippen LogP contribution < -0.4 is 5.73 Å². The van der Waals surface area contributed by atoms with Gasteiger partial charge in [-0.2, -0.15) is 22.0 Å². The van der Waals surface area contributed by atoms with E-state index < -0.39 is 30.9 Å². The average Bonchev–Trinajstić information content (AvgIpc) is 1.97. The Bertz CT molecular complexity index is 179. The molecule has 0 rings (SSSR count). The SMILES string of the molecule is CC(OCC(F)(F)C(F)(F)F)[C@H](C)N. The van der Waals surface area contributed by atoms with Gasteiger partial charge in [0.15, 0.2) is 0 Å². The van der Waals surface area contributed by atoms with E-state index in [9.17, 15) is 22.0 Å². The van der Waals surface area contributed by atoms with Crippen LogP contribution in [0.2, 0.25) is 0 Å². The van der Waals surface area contributed by atoms with Gasteiger partial charge < -0.3 is 10.5 Å². The molecule has 0 aromatic rings. The average molecular weight is 221 g/mol. The summed E-state index contributed by atoms with van der Waals surface area (Å²) in [5, 5.41) is 0. The molecule has 1 unspecified atom stereocenters. The van der Waals surface area contributed by atoms with Crippen LogP contribution in [0.1, 0.15) is 13.8 Å². The predicted molar refractivity (Wildman–Crippen MR) is 40.1 cm³/mol. The Labute approximate surface area is 78.2 Å². The molecule has 2 atom stereocenters. The van der Waals surface area contributed by atoms with Crippen molar-refractivity contribution in [3.05, 3.63) is 0 Å². The number of halogens is 5. The van der Waals surface area contributed by atoms with Crippen molar-refractivity contribution >= 4 is 0 Å². The van der Waals surface area contributed by atoms with Crippen molar-refractivity contribution in [3.63, 3.8) is 0 Å². The summed E-state index contributed by atoms with van der Waals surface area (Å²) >= 11 is 0. The van der Waals surface area contributed by atoms with Crippen LogP contribution in [0.15, 0.2) is 0 Å². The van der Waals surface area contributed by atoms with E-state index in [-0.39, 0.29) is 0 Å². The summed E-state index contributed by atoms with van der Waals surface area (Å²) in [6.45, 7) is 1.09. The van der Waals surface area contributed by atoms with Gasteiger partial charge in [0, 0.05) is 6.04 Å². The highest BCUT2D eigenvalue weighted by Gasteiger charge is 2.57. The normalized spacial score (nSPS) is 18.0. The fourth-order valence-electron chi connectivity index (χ4n) is 0.470. The summed E-state index contributed by atoms with van der Waals surface area (Å²) in [6.07, 6.45) is -6.42. The molecule has 0 saturated carbocycles. The number of alkyl halides is 5. The minimum absolute atomic E-state index is 0.598. The molecule has 0 aliphatic carbocycles. The highest BCUT2D eigenvalue weighted by atomic mass is 19.4. The molecular weight excluding hydrogens is 209 g/mol. The molecule has 0 aromatic heterocycles. The van der Waals surface area contributed by atoms with Gasteiger partial charge in [-0.1, -0.05) is 0 Å². The third-order valence-corrected chi connectivity index (χ3v) is 1.68.